The van der Waals surface area contributed by atoms with Gasteiger partial charge in [-0.25, -0.2) is 4.79 Å². The number of nitrogens with one attached hydrogen (secondary N) is 2. The van der Waals surface area contributed by atoms with E-state index in [9.17, 15) is 9.59 Å². The number of urea groups is 1. The number of likely N-dealkylation sites (tertiary alicyclic amines) is 1. The van der Waals surface area contributed by atoms with Gasteiger partial charge in [0.25, 0.3) is 0 Å². The molecule has 1 aromatic rings. The third-order valence-electron chi connectivity index (χ3n) is 4.07. The van der Waals surface area contributed by atoms with Crippen LogP contribution in [0.3, 0.4) is 0 Å². The number of nitrogens with zero attached hydrogens (tertiary/aromatic N) is 1. The van der Waals surface area contributed by atoms with Crippen LogP contribution >= 0.6 is 0 Å². The van der Waals surface area contributed by atoms with E-state index in [1.54, 1.807) is 0 Å². The number of carbonyl (C=O) groups excluding carboxylic acids is 2. The molecule has 3 amide bonds. The summed E-state index contributed by atoms with van der Waals surface area (Å²) < 4.78 is 0. The average Bonchev–Trinajstić information content (AvgIpc) is 2.89. The number of carbonyl (C=O) groups is 2. The van der Waals surface area contributed by atoms with Crippen LogP contribution < -0.4 is 10.6 Å². The molecule has 1 fully saturated rings. The van der Waals surface area contributed by atoms with E-state index < -0.39 is 0 Å². The van der Waals surface area contributed by atoms with Gasteiger partial charge in [-0.1, -0.05) is 32.9 Å². The molecule has 0 atom stereocenters. The molecule has 23 heavy (non-hydrogen) atoms. The Morgan fingerprint density at radius 3 is 2.48 bits per heavy atom. The Kier molecular flexibility index (Phi) is 5.64. The van der Waals surface area contributed by atoms with Gasteiger partial charge in [-0.2, -0.15) is 0 Å². The maximum atomic E-state index is 11.9. The van der Waals surface area contributed by atoms with Crippen molar-refractivity contribution in [2.24, 2.45) is 0 Å². The van der Waals surface area contributed by atoms with E-state index in [1.165, 1.54) is 5.56 Å². The van der Waals surface area contributed by atoms with Gasteiger partial charge in [0.1, 0.15) is 0 Å². The second-order valence-corrected chi connectivity index (χ2v) is 7.05. The van der Waals surface area contributed by atoms with Crippen LogP contribution in [0.25, 0.3) is 0 Å². The summed E-state index contributed by atoms with van der Waals surface area (Å²) in [5.74, 6) is 0.230. The maximum absolute atomic E-state index is 11.9. The molecule has 0 aromatic heterocycles. The highest BCUT2D eigenvalue weighted by Gasteiger charge is 2.19. The van der Waals surface area contributed by atoms with Crippen LogP contribution in [0.5, 0.6) is 0 Å². The Bertz CT molecular complexity index is 546. The molecule has 1 aliphatic rings. The summed E-state index contributed by atoms with van der Waals surface area (Å²) in [6.45, 7) is 8.62. The number of benzene rings is 1. The van der Waals surface area contributed by atoms with Gasteiger partial charge in [0.15, 0.2) is 0 Å². The van der Waals surface area contributed by atoms with E-state index in [-0.39, 0.29) is 17.4 Å². The highest BCUT2D eigenvalue weighted by Crippen LogP contribution is 2.23. The van der Waals surface area contributed by atoms with Crippen molar-refractivity contribution in [3.8, 4) is 0 Å². The molecular weight excluding hydrogens is 290 g/mol. The lowest BCUT2D eigenvalue weighted by Gasteiger charge is -2.19. The van der Waals surface area contributed by atoms with Crippen LogP contribution in [0, 0.1) is 0 Å². The van der Waals surface area contributed by atoms with Crippen molar-refractivity contribution in [1.29, 1.82) is 0 Å². The van der Waals surface area contributed by atoms with Crippen molar-refractivity contribution in [3.63, 3.8) is 0 Å². The molecule has 0 bridgehead atoms. The van der Waals surface area contributed by atoms with Gasteiger partial charge in [-0.15, -0.1) is 0 Å². The van der Waals surface area contributed by atoms with Crippen LogP contribution in [0.1, 0.15) is 45.6 Å². The predicted molar refractivity (Wildman–Crippen MR) is 92.6 cm³/mol. The first-order valence-corrected chi connectivity index (χ1v) is 8.29. The smallest absolute Gasteiger partial charge is 0.319 e. The summed E-state index contributed by atoms with van der Waals surface area (Å²) in [6.07, 6.45) is 2.40. The van der Waals surface area contributed by atoms with Crippen molar-refractivity contribution in [2.45, 2.75) is 45.4 Å². The van der Waals surface area contributed by atoms with Crippen molar-refractivity contribution in [2.75, 3.05) is 25.0 Å². The zero-order valence-electron chi connectivity index (χ0n) is 14.3. The minimum Gasteiger partial charge on any atom is -0.343 e. The Hall–Kier alpha value is -2.04. The molecule has 1 aliphatic heterocycles. The molecule has 2 rings (SSSR count). The molecule has 0 radical (unpaired) electrons. The first-order valence-electron chi connectivity index (χ1n) is 8.29. The SMILES string of the molecule is CC(C)(C)c1ccc(NC(=O)NCCCN2CCCC2=O)cc1. The molecule has 2 N–H and O–H groups in total. The third kappa shape index (κ3) is 5.27. The summed E-state index contributed by atoms with van der Waals surface area (Å²) in [4.78, 5) is 25.2. The van der Waals surface area contributed by atoms with E-state index in [0.717, 1.165) is 31.6 Å². The van der Waals surface area contributed by atoms with Crippen molar-refractivity contribution in [3.05, 3.63) is 29.8 Å². The molecule has 0 unspecified atom stereocenters. The summed E-state index contributed by atoms with van der Waals surface area (Å²) in [5.41, 5.74) is 2.12. The van der Waals surface area contributed by atoms with E-state index in [0.29, 0.717) is 13.0 Å². The minimum atomic E-state index is -0.207. The lowest BCUT2D eigenvalue weighted by molar-refractivity contribution is -0.127. The van der Waals surface area contributed by atoms with Gasteiger partial charge in [-0.3, -0.25) is 4.79 Å². The Morgan fingerprint density at radius 2 is 1.91 bits per heavy atom. The van der Waals surface area contributed by atoms with Gasteiger partial charge in [0, 0.05) is 31.7 Å². The molecule has 0 spiro atoms. The number of anilines is 1. The van der Waals surface area contributed by atoms with E-state index in [4.69, 9.17) is 0 Å². The van der Waals surface area contributed by atoms with Gasteiger partial charge < -0.3 is 15.5 Å². The number of hydrogen-bond acceptors (Lipinski definition) is 2. The van der Waals surface area contributed by atoms with Crippen molar-refractivity contribution < 1.29 is 9.59 Å². The standard InChI is InChI=1S/C18H27N3O2/c1-18(2,3)14-7-9-15(10-8-14)20-17(23)19-11-5-13-21-12-4-6-16(21)22/h7-10H,4-6,11-13H2,1-3H3,(H2,19,20,23). The van der Waals surface area contributed by atoms with E-state index in [2.05, 4.69) is 31.4 Å². The third-order valence-corrected chi connectivity index (χ3v) is 4.07. The molecule has 5 nitrogen and oxygen atoms in total. The zero-order valence-corrected chi connectivity index (χ0v) is 14.3. The zero-order chi connectivity index (χ0) is 16.9. The second kappa shape index (κ2) is 7.49. The molecule has 1 aromatic carbocycles. The van der Waals surface area contributed by atoms with Crippen LogP contribution in [-0.2, 0) is 10.2 Å². The maximum Gasteiger partial charge on any atom is 0.319 e. The van der Waals surface area contributed by atoms with Crippen molar-refractivity contribution in [1.82, 2.24) is 10.2 Å². The summed E-state index contributed by atoms with van der Waals surface area (Å²) >= 11 is 0. The fraction of sp³-hybridized carbons (Fsp3) is 0.556. The van der Waals surface area contributed by atoms with Crippen LogP contribution in [0.15, 0.2) is 24.3 Å². The molecule has 0 saturated carbocycles. The lowest BCUT2D eigenvalue weighted by atomic mass is 9.87. The second-order valence-electron chi connectivity index (χ2n) is 7.05. The Labute approximate surface area is 138 Å². The number of hydrogen-bond donors (Lipinski definition) is 2. The van der Waals surface area contributed by atoms with Crippen LogP contribution in [0.2, 0.25) is 0 Å². The normalized spacial score (nSPS) is 14.9. The quantitative estimate of drug-likeness (QED) is 0.820. The fourth-order valence-electron chi connectivity index (χ4n) is 2.64. The summed E-state index contributed by atoms with van der Waals surface area (Å²) in [7, 11) is 0. The molecule has 1 heterocycles. The summed E-state index contributed by atoms with van der Waals surface area (Å²) in [6, 6.07) is 7.70. The fourth-order valence-corrected chi connectivity index (χ4v) is 2.64. The van der Waals surface area contributed by atoms with Gasteiger partial charge in [0.05, 0.1) is 0 Å². The van der Waals surface area contributed by atoms with Gasteiger partial charge in [-0.05, 0) is 36.0 Å². The largest absolute Gasteiger partial charge is 0.343 e. The monoisotopic (exact) mass is 317 g/mol. The number of rotatable bonds is 5. The Morgan fingerprint density at radius 1 is 1.22 bits per heavy atom. The molecule has 5 heteroatoms. The molecule has 1 saturated heterocycles. The van der Waals surface area contributed by atoms with Crippen LogP contribution in [-0.4, -0.2) is 36.5 Å². The highest BCUT2D eigenvalue weighted by atomic mass is 16.2. The van der Waals surface area contributed by atoms with E-state index >= 15 is 0 Å². The molecule has 0 aliphatic carbocycles. The number of amides is 3. The van der Waals surface area contributed by atoms with Crippen LogP contribution in [0.4, 0.5) is 10.5 Å². The average molecular weight is 317 g/mol. The lowest BCUT2D eigenvalue weighted by Crippen LogP contribution is -2.33. The molecule has 126 valence electrons. The molecular formula is C18H27N3O2. The van der Waals surface area contributed by atoms with E-state index in [1.807, 2.05) is 29.2 Å². The Balaban J connectivity index is 1.69. The van der Waals surface area contributed by atoms with Crippen molar-refractivity contribution >= 4 is 17.6 Å². The highest BCUT2D eigenvalue weighted by molar-refractivity contribution is 5.89. The van der Waals surface area contributed by atoms with Gasteiger partial charge in [0.2, 0.25) is 5.91 Å². The predicted octanol–water partition coefficient (Wildman–Crippen LogP) is 3.12. The van der Waals surface area contributed by atoms with Gasteiger partial charge >= 0.3 is 6.03 Å². The first kappa shape index (κ1) is 17.3. The topological polar surface area (TPSA) is 61.4 Å². The summed E-state index contributed by atoms with van der Waals surface area (Å²) in [5, 5.41) is 5.65. The first-order chi connectivity index (χ1) is 10.9. The minimum absolute atomic E-state index is 0.105.